The van der Waals surface area contributed by atoms with Crippen LogP contribution in [0.4, 0.5) is 9.18 Å². The Balaban J connectivity index is 2.63. The van der Waals surface area contributed by atoms with Crippen molar-refractivity contribution in [2.24, 2.45) is 5.92 Å². The molecule has 3 nitrogen and oxygen atoms in total. The minimum Gasteiger partial charge on any atom is -0.427 e. The second-order valence-electron chi connectivity index (χ2n) is 2.58. The SMILES string of the molecule is CC(C)C1(F)COC(=O)O1. The summed E-state index contributed by atoms with van der Waals surface area (Å²) >= 11 is 0. The van der Waals surface area contributed by atoms with Gasteiger partial charge in [0.05, 0.1) is 0 Å². The highest BCUT2D eigenvalue weighted by atomic mass is 19.2. The summed E-state index contributed by atoms with van der Waals surface area (Å²) in [6.07, 6.45) is -0.920. The van der Waals surface area contributed by atoms with Crippen molar-refractivity contribution in [1.82, 2.24) is 0 Å². The average Bonchev–Trinajstić information content (AvgIpc) is 2.13. The van der Waals surface area contributed by atoms with Crippen molar-refractivity contribution < 1.29 is 18.7 Å². The van der Waals surface area contributed by atoms with Gasteiger partial charge in [-0.1, -0.05) is 13.8 Å². The van der Waals surface area contributed by atoms with Gasteiger partial charge >= 0.3 is 6.16 Å². The number of hydrogen-bond acceptors (Lipinski definition) is 3. The van der Waals surface area contributed by atoms with Crippen molar-refractivity contribution in [3.05, 3.63) is 0 Å². The third-order valence-electron chi connectivity index (χ3n) is 1.50. The number of carbonyl (C=O) groups is 1. The van der Waals surface area contributed by atoms with Gasteiger partial charge in [-0.3, -0.25) is 0 Å². The summed E-state index contributed by atoms with van der Waals surface area (Å²) in [4.78, 5) is 10.3. The lowest BCUT2D eigenvalue weighted by atomic mass is 10.1. The van der Waals surface area contributed by atoms with Crippen molar-refractivity contribution in [3.63, 3.8) is 0 Å². The van der Waals surface area contributed by atoms with Crippen LogP contribution in [0.15, 0.2) is 0 Å². The number of carbonyl (C=O) groups excluding carboxylic acids is 1. The second kappa shape index (κ2) is 2.11. The third kappa shape index (κ3) is 1.05. The van der Waals surface area contributed by atoms with Crippen LogP contribution in [-0.4, -0.2) is 18.6 Å². The number of rotatable bonds is 1. The van der Waals surface area contributed by atoms with E-state index in [1.165, 1.54) is 0 Å². The fraction of sp³-hybridized carbons (Fsp3) is 0.833. The number of hydrogen-bond donors (Lipinski definition) is 0. The van der Waals surface area contributed by atoms with Crippen LogP contribution in [0, 0.1) is 5.92 Å². The van der Waals surface area contributed by atoms with E-state index in [-0.39, 0.29) is 12.5 Å². The van der Waals surface area contributed by atoms with E-state index < -0.39 is 12.0 Å². The van der Waals surface area contributed by atoms with Crippen LogP contribution in [-0.2, 0) is 9.47 Å². The van der Waals surface area contributed by atoms with Crippen LogP contribution in [0.2, 0.25) is 0 Å². The minimum atomic E-state index is -1.91. The van der Waals surface area contributed by atoms with Gasteiger partial charge in [-0.2, -0.15) is 4.39 Å². The maximum absolute atomic E-state index is 13.1. The summed E-state index contributed by atoms with van der Waals surface area (Å²) in [5.74, 6) is -2.27. The van der Waals surface area contributed by atoms with Gasteiger partial charge in [0.15, 0.2) is 6.61 Å². The first-order valence-corrected chi connectivity index (χ1v) is 3.09. The summed E-state index contributed by atoms with van der Waals surface area (Å²) in [6, 6.07) is 0. The van der Waals surface area contributed by atoms with Crippen molar-refractivity contribution >= 4 is 6.16 Å². The molecule has 10 heavy (non-hydrogen) atoms. The maximum atomic E-state index is 13.1. The van der Waals surface area contributed by atoms with Gasteiger partial charge in [-0.15, -0.1) is 0 Å². The van der Waals surface area contributed by atoms with E-state index in [1.54, 1.807) is 13.8 Å². The summed E-state index contributed by atoms with van der Waals surface area (Å²) in [5.41, 5.74) is 0. The zero-order valence-corrected chi connectivity index (χ0v) is 5.89. The molecule has 1 atom stereocenters. The molecule has 1 saturated heterocycles. The molecule has 0 amide bonds. The van der Waals surface area contributed by atoms with Crippen LogP contribution >= 0.6 is 0 Å². The fourth-order valence-corrected chi connectivity index (χ4v) is 0.639. The largest absolute Gasteiger partial charge is 0.511 e. The van der Waals surface area contributed by atoms with Crippen LogP contribution < -0.4 is 0 Å². The summed E-state index contributed by atoms with van der Waals surface area (Å²) in [7, 11) is 0. The lowest BCUT2D eigenvalue weighted by Crippen LogP contribution is -2.32. The Labute approximate surface area is 58.1 Å². The molecule has 1 rings (SSSR count). The highest BCUT2D eigenvalue weighted by Gasteiger charge is 2.45. The van der Waals surface area contributed by atoms with E-state index in [9.17, 15) is 9.18 Å². The van der Waals surface area contributed by atoms with Crippen LogP contribution in [0.3, 0.4) is 0 Å². The topological polar surface area (TPSA) is 35.5 Å². The maximum Gasteiger partial charge on any atom is 0.511 e. The molecule has 0 aliphatic carbocycles. The molecule has 0 aromatic rings. The molecule has 1 fully saturated rings. The molecule has 1 heterocycles. The molecule has 4 heteroatoms. The quantitative estimate of drug-likeness (QED) is 0.528. The van der Waals surface area contributed by atoms with Crippen LogP contribution in [0.5, 0.6) is 0 Å². The zero-order valence-electron chi connectivity index (χ0n) is 5.89. The lowest BCUT2D eigenvalue weighted by Gasteiger charge is -2.18. The van der Waals surface area contributed by atoms with Gasteiger partial charge in [0.25, 0.3) is 5.85 Å². The molecule has 58 valence electrons. The smallest absolute Gasteiger partial charge is 0.427 e. The van der Waals surface area contributed by atoms with Gasteiger partial charge < -0.3 is 9.47 Å². The van der Waals surface area contributed by atoms with E-state index in [2.05, 4.69) is 9.47 Å². The first kappa shape index (κ1) is 7.31. The molecular weight excluding hydrogens is 139 g/mol. The Hall–Kier alpha value is -0.800. The molecule has 1 unspecified atom stereocenters. The van der Waals surface area contributed by atoms with Gasteiger partial charge in [-0.05, 0) is 0 Å². The monoisotopic (exact) mass is 148 g/mol. The fourth-order valence-electron chi connectivity index (χ4n) is 0.639. The van der Waals surface area contributed by atoms with Crippen molar-refractivity contribution in [3.8, 4) is 0 Å². The van der Waals surface area contributed by atoms with E-state index in [4.69, 9.17) is 0 Å². The third-order valence-corrected chi connectivity index (χ3v) is 1.50. The molecule has 0 spiro atoms. The van der Waals surface area contributed by atoms with Crippen molar-refractivity contribution in [2.45, 2.75) is 19.7 Å². The van der Waals surface area contributed by atoms with Crippen molar-refractivity contribution in [1.29, 1.82) is 0 Å². The summed E-state index contributed by atoms with van der Waals surface area (Å²) in [5, 5.41) is 0. The molecule has 0 radical (unpaired) electrons. The molecule has 0 N–H and O–H groups in total. The predicted octanol–water partition coefficient (Wildman–Crippen LogP) is 1.48. The van der Waals surface area contributed by atoms with Crippen molar-refractivity contribution in [2.75, 3.05) is 6.61 Å². The standard InChI is InChI=1S/C6H9FO3/c1-4(2)6(7)3-9-5(8)10-6/h4H,3H2,1-2H3. The predicted molar refractivity (Wildman–Crippen MR) is 31.1 cm³/mol. The van der Waals surface area contributed by atoms with Gasteiger partial charge in [0.1, 0.15) is 0 Å². The van der Waals surface area contributed by atoms with Crippen LogP contribution in [0.25, 0.3) is 0 Å². The van der Waals surface area contributed by atoms with Gasteiger partial charge in [0.2, 0.25) is 0 Å². The Morgan fingerprint density at radius 3 is 2.50 bits per heavy atom. The Bertz CT molecular complexity index is 157. The molecule has 1 aliphatic rings. The highest BCUT2D eigenvalue weighted by Crippen LogP contribution is 2.29. The molecular formula is C6H9FO3. The second-order valence-corrected chi connectivity index (χ2v) is 2.58. The van der Waals surface area contributed by atoms with E-state index in [0.717, 1.165) is 0 Å². The zero-order chi connectivity index (χ0) is 7.78. The summed E-state index contributed by atoms with van der Waals surface area (Å²) < 4.78 is 21.7. The molecule has 1 aliphatic heterocycles. The molecule has 0 saturated carbocycles. The van der Waals surface area contributed by atoms with Crippen LogP contribution in [0.1, 0.15) is 13.8 Å². The van der Waals surface area contributed by atoms with E-state index in [1.807, 2.05) is 0 Å². The first-order valence-electron chi connectivity index (χ1n) is 3.09. The van der Waals surface area contributed by atoms with Gasteiger partial charge in [-0.25, -0.2) is 4.79 Å². The highest BCUT2D eigenvalue weighted by molar-refractivity contribution is 5.62. The molecule has 0 aromatic carbocycles. The normalized spacial score (nSPS) is 32.2. The number of halogens is 1. The molecule has 0 bridgehead atoms. The summed E-state index contributed by atoms with van der Waals surface area (Å²) in [6.45, 7) is 2.97. The number of alkyl halides is 1. The van der Waals surface area contributed by atoms with Gasteiger partial charge in [0, 0.05) is 5.92 Å². The number of ether oxygens (including phenoxy) is 2. The molecule has 0 aromatic heterocycles. The average molecular weight is 148 g/mol. The Morgan fingerprint density at radius 2 is 2.30 bits per heavy atom. The first-order chi connectivity index (χ1) is 4.54. The Morgan fingerprint density at radius 1 is 1.70 bits per heavy atom. The van der Waals surface area contributed by atoms with E-state index in [0.29, 0.717) is 0 Å². The van der Waals surface area contributed by atoms with E-state index >= 15 is 0 Å². The minimum absolute atomic E-state index is 0.288. The lowest BCUT2D eigenvalue weighted by molar-refractivity contribution is -0.0966. The Kier molecular flexibility index (Phi) is 1.54. The number of cyclic esters (lactones) is 2.